The molecule has 0 bridgehead atoms. The summed E-state index contributed by atoms with van der Waals surface area (Å²) in [4.78, 5) is 11.6. The van der Waals surface area contributed by atoms with Crippen LogP contribution in [0.5, 0.6) is 0 Å². The number of carbonyl (C=O) groups excluding carboxylic acids is 1. The quantitative estimate of drug-likeness (QED) is 0.779. The third-order valence-corrected chi connectivity index (χ3v) is 3.13. The Labute approximate surface area is 107 Å². The van der Waals surface area contributed by atoms with Crippen molar-refractivity contribution in [2.75, 3.05) is 6.61 Å². The molecule has 96 valence electrons. The van der Waals surface area contributed by atoms with E-state index >= 15 is 0 Å². The van der Waals surface area contributed by atoms with Crippen LogP contribution in [0.3, 0.4) is 0 Å². The van der Waals surface area contributed by atoms with Crippen LogP contribution in [0.15, 0.2) is 18.3 Å². The molecular weight excluding hydrogens is 226 g/mol. The van der Waals surface area contributed by atoms with Crippen LogP contribution in [0.4, 0.5) is 0 Å². The van der Waals surface area contributed by atoms with E-state index in [1.165, 1.54) is 16.6 Å². The van der Waals surface area contributed by atoms with E-state index < -0.39 is 0 Å². The molecule has 0 amide bonds. The Balaban J connectivity index is 2.49. The van der Waals surface area contributed by atoms with Crippen molar-refractivity contribution in [3.8, 4) is 0 Å². The number of aromatic nitrogens is 1. The van der Waals surface area contributed by atoms with E-state index in [9.17, 15) is 4.79 Å². The normalized spacial score (nSPS) is 10.9. The minimum atomic E-state index is -0.163. The van der Waals surface area contributed by atoms with Gasteiger partial charge in [-0.15, -0.1) is 0 Å². The van der Waals surface area contributed by atoms with Crippen molar-refractivity contribution in [3.63, 3.8) is 0 Å². The number of benzene rings is 1. The van der Waals surface area contributed by atoms with Gasteiger partial charge in [0.05, 0.1) is 18.5 Å². The van der Waals surface area contributed by atoms with Gasteiger partial charge in [0.15, 0.2) is 0 Å². The second-order valence-electron chi connectivity index (χ2n) is 4.73. The van der Waals surface area contributed by atoms with Gasteiger partial charge in [0, 0.05) is 18.6 Å². The fraction of sp³-hybridized carbons (Fsp3) is 0.400. The van der Waals surface area contributed by atoms with Gasteiger partial charge in [-0.1, -0.05) is 11.6 Å². The molecule has 0 aliphatic heterocycles. The molecule has 1 aromatic carbocycles. The average Bonchev–Trinajstić information content (AvgIpc) is 2.55. The van der Waals surface area contributed by atoms with Crippen molar-refractivity contribution in [2.45, 2.75) is 27.2 Å². The van der Waals surface area contributed by atoms with Crippen LogP contribution in [0.25, 0.3) is 10.9 Å². The van der Waals surface area contributed by atoms with Gasteiger partial charge in [-0.25, -0.2) is 0 Å². The summed E-state index contributed by atoms with van der Waals surface area (Å²) >= 11 is 0. The SMILES string of the molecule is CCOC(=O)Cc1cn(C)c2c(C)cc(C)cc12. The van der Waals surface area contributed by atoms with Crippen molar-refractivity contribution in [1.82, 2.24) is 4.57 Å². The maximum Gasteiger partial charge on any atom is 0.310 e. The Hall–Kier alpha value is -1.77. The van der Waals surface area contributed by atoms with Gasteiger partial charge < -0.3 is 9.30 Å². The molecule has 1 aromatic heterocycles. The predicted octanol–water partition coefficient (Wildman–Crippen LogP) is 2.90. The predicted molar refractivity (Wildman–Crippen MR) is 72.7 cm³/mol. The molecule has 3 nitrogen and oxygen atoms in total. The molecule has 0 saturated heterocycles. The van der Waals surface area contributed by atoms with Crippen molar-refractivity contribution in [2.24, 2.45) is 7.05 Å². The maximum absolute atomic E-state index is 11.6. The summed E-state index contributed by atoms with van der Waals surface area (Å²) in [6.45, 7) is 6.44. The highest BCUT2D eigenvalue weighted by molar-refractivity contribution is 5.90. The van der Waals surface area contributed by atoms with Crippen molar-refractivity contribution < 1.29 is 9.53 Å². The van der Waals surface area contributed by atoms with Gasteiger partial charge in [0.1, 0.15) is 0 Å². The van der Waals surface area contributed by atoms with Crippen LogP contribution in [-0.2, 0) is 23.0 Å². The van der Waals surface area contributed by atoms with Crippen molar-refractivity contribution in [3.05, 3.63) is 35.0 Å². The topological polar surface area (TPSA) is 31.2 Å². The summed E-state index contributed by atoms with van der Waals surface area (Å²) in [5.74, 6) is -0.163. The summed E-state index contributed by atoms with van der Waals surface area (Å²) in [5.41, 5.74) is 4.69. The van der Waals surface area contributed by atoms with E-state index in [2.05, 4.69) is 30.5 Å². The fourth-order valence-corrected chi connectivity index (χ4v) is 2.55. The zero-order chi connectivity index (χ0) is 13.3. The third-order valence-electron chi connectivity index (χ3n) is 3.13. The van der Waals surface area contributed by atoms with Crippen LogP contribution in [0, 0.1) is 13.8 Å². The first-order valence-corrected chi connectivity index (χ1v) is 6.23. The lowest BCUT2D eigenvalue weighted by Gasteiger charge is -2.04. The van der Waals surface area contributed by atoms with E-state index in [4.69, 9.17) is 4.74 Å². The highest BCUT2D eigenvalue weighted by Gasteiger charge is 2.13. The van der Waals surface area contributed by atoms with Gasteiger partial charge in [-0.2, -0.15) is 0 Å². The molecule has 0 aliphatic rings. The van der Waals surface area contributed by atoms with Gasteiger partial charge in [-0.05, 0) is 38.0 Å². The van der Waals surface area contributed by atoms with Crippen LogP contribution < -0.4 is 0 Å². The highest BCUT2D eigenvalue weighted by Crippen LogP contribution is 2.26. The molecule has 0 radical (unpaired) electrons. The molecule has 18 heavy (non-hydrogen) atoms. The Morgan fingerprint density at radius 1 is 1.33 bits per heavy atom. The van der Waals surface area contributed by atoms with Crippen LogP contribution >= 0.6 is 0 Å². The van der Waals surface area contributed by atoms with Crippen molar-refractivity contribution >= 4 is 16.9 Å². The summed E-state index contributed by atoms with van der Waals surface area (Å²) in [7, 11) is 2.01. The van der Waals surface area contributed by atoms with Crippen LogP contribution in [-0.4, -0.2) is 17.1 Å². The lowest BCUT2D eigenvalue weighted by molar-refractivity contribution is -0.142. The van der Waals surface area contributed by atoms with Crippen molar-refractivity contribution in [1.29, 1.82) is 0 Å². The number of hydrogen-bond acceptors (Lipinski definition) is 2. The van der Waals surface area contributed by atoms with Gasteiger partial charge in [-0.3, -0.25) is 4.79 Å². The van der Waals surface area contributed by atoms with E-state index in [1.54, 1.807) is 0 Å². The molecule has 2 rings (SSSR count). The molecule has 1 heterocycles. The van der Waals surface area contributed by atoms with Gasteiger partial charge >= 0.3 is 5.97 Å². The smallest absolute Gasteiger partial charge is 0.310 e. The molecule has 0 aliphatic carbocycles. The number of nitrogens with zero attached hydrogens (tertiary/aromatic N) is 1. The molecule has 0 saturated carbocycles. The first kappa shape index (κ1) is 12.7. The lowest BCUT2D eigenvalue weighted by atomic mass is 10.0. The Morgan fingerprint density at radius 2 is 2.06 bits per heavy atom. The average molecular weight is 245 g/mol. The summed E-state index contributed by atoms with van der Waals surface area (Å²) in [5, 5.41) is 1.16. The Morgan fingerprint density at radius 3 is 2.72 bits per heavy atom. The Kier molecular flexibility index (Phi) is 3.41. The summed E-state index contributed by atoms with van der Waals surface area (Å²) in [6.07, 6.45) is 2.36. The van der Waals surface area contributed by atoms with Gasteiger partial charge in [0.25, 0.3) is 0 Å². The van der Waals surface area contributed by atoms with E-state index in [-0.39, 0.29) is 5.97 Å². The fourth-order valence-electron chi connectivity index (χ4n) is 2.55. The molecule has 0 unspecified atom stereocenters. The number of esters is 1. The second kappa shape index (κ2) is 4.84. The number of fused-ring (bicyclic) bond motifs is 1. The molecule has 0 spiro atoms. The zero-order valence-electron chi connectivity index (χ0n) is 11.4. The third kappa shape index (κ3) is 2.26. The summed E-state index contributed by atoms with van der Waals surface area (Å²) in [6, 6.07) is 4.30. The molecule has 0 N–H and O–H groups in total. The van der Waals surface area contributed by atoms with Crippen LogP contribution in [0.2, 0.25) is 0 Å². The maximum atomic E-state index is 11.6. The molecular formula is C15H19NO2. The van der Waals surface area contributed by atoms with E-state index in [0.29, 0.717) is 13.0 Å². The number of rotatable bonds is 3. The minimum absolute atomic E-state index is 0.163. The number of aryl methyl sites for hydroxylation is 3. The lowest BCUT2D eigenvalue weighted by Crippen LogP contribution is -2.07. The molecule has 2 aromatic rings. The first-order chi connectivity index (χ1) is 8.52. The Bertz CT molecular complexity index is 596. The number of hydrogen-bond donors (Lipinski definition) is 0. The molecule has 0 fully saturated rings. The molecule has 0 atom stereocenters. The minimum Gasteiger partial charge on any atom is -0.466 e. The zero-order valence-corrected chi connectivity index (χ0v) is 11.4. The highest BCUT2D eigenvalue weighted by atomic mass is 16.5. The largest absolute Gasteiger partial charge is 0.466 e. The van der Waals surface area contributed by atoms with E-state index in [1.807, 2.05) is 20.2 Å². The molecule has 3 heteroatoms. The monoisotopic (exact) mass is 245 g/mol. The standard InChI is InChI=1S/C15H19NO2/c1-5-18-14(17)8-12-9-16(4)15-11(3)6-10(2)7-13(12)15/h6-7,9H,5,8H2,1-4H3. The number of ether oxygens (including phenoxy) is 1. The van der Waals surface area contributed by atoms with Gasteiger partial charge in [0.2, 0.25) is 0 Å². The number of carbonyl (C=O) groups is 1. The summed E-state index contributed by atoms with van der Waals surface area (Å²) < 4.78 is 7.10. The van der Waals surface area contributed by atoms with E-state index in [0.717, 1.165) is 10.9 Å². The van der Waals surface area contributed by atoms with Crippen LogP contribution in [0.1, 0.15) is 23.6 Å². The second-order valence-corrected chi connectivity index (χ2v) is 4.73. The first-order valence-electron chi connectivity index (χ1n) is 6.23.